The van der Waals surface area contributed by atoms with Crippen molar-refractivity contribution in [2.45, 2.75) is 6.92 Å². The minimum absolute atomic E-state index is 0.128. The number of rotatable bonds is 4. The van der Waals surface area contributed by atoms with Gasteiger partial charge in [0.15, 0.2) is 0 Å². The van der Waals surface area contributed by atoms with Gasteiger partial charge in [0.2, 0.25) is 0 Å². The number of furan rings is 1. The maximum absolute atomic E-state index is 11.6. The number of hydrogen-bond donors (Lipinski definition) is 0. The van der Waals surface area contributed by atoms with Crippen LogP contribution in [0.1, 0.15) is 12.7 Å². The van der Waals surface area contributed by atoms with Gasteiger partial charge in [-0.1, -0.05) is 23.2 Å². The molecule has 0 saturated carbocycles. The third-order valence-electron chi connectivity index (χ3n) is 2.73. The summed E-state index contributed by atoms with van der Waals surface area (Å²) in [6, 6.07) is 10.2. The highest BCUT2D eigenvalue weighted by atomic mass is 35.5. The Morgan fingerprint density at radius 1 is 1.32 bits per heavy atom. The number of nitrogens with zero attached hydrogens (tertiary/aromatic N) is 1. The lowest BCUT2D eigenvalue weighted by Gasteiger charge is -2.00. The summed E-state index contributed by atoms with van der Waals surface area (Å²) in [6.45, 7) is 1.87. The van der Waals surface area contributed by atoms with Gasteiger partial charge in [0.05, 0.1) is 16.7 Å². The molecule has 4 nitrogen and oxygen atoms in total. The van der Waals surface area contributed by atoms with E-state index in [1.165, 1.54) is 6.08 Å². The van der Waals surface area contributed by atoms with Gasteiger partial charge in [-0.3, -0.25) is 0 Å². The minimum atomic E-state index is -0.683. The fraction of sp³-hybridized carbons (Fsp3) is 0.125. The molecule has 0 saturated heterocycles. The molecule has 0 fully saturated rings. The zero-order chi connectivity index (χ0) is 16.1. The van der Waals surface area contributed by atoms with Crippen molar-refractivity contribution >= 4 is 35.2 Å². The molecule has 0 radical (unpaired) electrons. The molecule has 2 rings (SSSR count). The summed E-state index contributed by atoms with van der Waals surface area (Å²) in [5.74, 6) is 0.231. The molecule has 0 atom stereocenters. The number of halogens is 2. The molecule has 0 unspecified atom stereocenters. The molecule has 0 N–H and O–H groups in total. The zero-order valence-electron chi connectivity index (χ0n) is 11.6. The van der Waals surface area contributed by atoms with Crippen molar-refractivity contribution in [1.82, 2.24) is 0 Å². The highest BCUT2D eigenvalue weighted by molar-refractivity contribution is 6.42. The molecule has 0 aliphatic rings. The molecular weight excluding hydrogens is 325 g/mol. The van der Waals surface area contributed by atoms with E-state index in [-0.39, 0.29) is 12.2 Å². The van der Waals surface area contributed by atoms with Crippen molar-refractivity contribution in [2.75, 3.05) is 6.61 Å². The molecule has 0 aliphatic heterocycles. The average molecular weight is 336 g/mol. The summed E-state index contributed by atoms with van der Waals surface area (Å²) in [6.07, 6.45) is 1.33. The van der Waals surface area contributed by atoms with Gasteiger partial charge in [-0.15, -0.1) is 0 Å². The molecule has 2 aromatic rings. The topological polar surface area (TPSA) is 63.2 Å². The van der Waals surface area contributed by atoms with Crippen molar-refractivity contribution in [2.24, 2.45) is 0 Å². The van der Waals surface area contributed by atoms with Gasteiger partial charge in [-0.25, -0.2) is 4.79 Å². The van der Waals surface area contributed by atoms with Crippen LogP contribution in [0.25, 0.3) is 17.4 Å². The number of ether oxygens (including phenoxy) is 1. The highest BCUT2D eigenvalue weighted by Crippen LogP contribution is 2.30. The summed E-state index contributed by atoms with van der Waals surface area (Å²) in [7, 11) is 0. The first-order valence-electron chi connectivity index (χ1n) is 6.39. The first-order chi connectivity index (χ1) is 10.5. The van der Waals surface area contributed by atoms with Crippen molar-refractivity contribution in [1.29, 1.82) is 5.26 Å². The zero-order valence-corrected chi connectivity index (χ0v) is 13.1. The van der Waals surface area contributed by atoms with E-state index in [2.05, 4.69) is 0 Å². The smallest absolute Gasteiger partial charge is 0.349 e. The maximum Gasteiger partial charge on any atom is 0.349 e. The first-order valence-corrected chi connectivity index (χ1v) is 7.15. The lowest BCUT2D eigenvalue weighted by atomic mass is 10.2. The predicted molar refractivity (Wildman–Crippen MR) is 84.4 cm³/mol. The van der Waals surface area contributed by atoms with Crippen LogP contribution in [0.3, 0.4) is 0 Å². The monoisotopic (exact) mass is 335 g/mol. The third-order valence-corrected chi connectivity index (χ3v) is 3.47. The largest absolute Gasteiger partial charge is 0.462 e. The van der Waals surface area contributed by atoms with Crippen LogP contribution in [-0.2, 0) is 9.53 Å². The Labute approximate surface area is 137 Å². The molecule has 0 aliphatic carbocycles. The molecule has 1 aromatic carbocycles. The first kappa shape index (κ1) is 16.2. The van der Waals surface area contributed by atoms with Crippen LogP contribution in [0.4, 0.5) is 0 Å². The molecule has 0 amide bonds. The van der Waals surface area contributed by atoms with E-state index < -0.39 is 5.97 Å². The average Bonchev–Trinajstić information content (AvgIpc) is 2.96. The second-order valence-electron chi connectivity index (χ2n) is 4.22. The van der Waals surface area contributed by atoms with Crippen molar-refractivity contribution < 1.29 is 13.9 Å². The normalized spacial score (nSPS) is 11.1. The summed E-state index contributed by atoms with van der Waals surface area (Å²) in [5, 5.41) is 9.85. The summed E-state index contributed by atoms with van der Waals surface area (Å²) < 4.78 is 10.4. The molecule has 1 heterocycles. The van der Waals surface area contributed by atoms with E-state index in [9.17, 15) is 4.79 Å². The molecule has 112 valence electrons. The van der Waals surface area contributed by atoms with Crippen LogP contribution in [0.2, 0.25) is 10.0 Å². The molecule has 1 aromatic heterocycles. The Morgan fingerprint density at radius 2 is 2.09 bits per heavy atom. The number of hydrogen-bond acceptors (Lipinski definition) is 4. The van der Waals surface area contributed by atoms with E-state index in [1.54, 1.807) is 43.3 Å². The van der Waals surface area contributed by atoms with E-state index in [0.29, 0.717) is 21.6 Å². The Bertz CT molecular complexity index is 772. The second-order valence-corrected chi connectivity index (χ2v) is 5.04. The van der Waals surface area contributed by atoms with Gasteiger partial charge in [-0.05, 0) is 37.3 Å². The fourth-order valence-corrected chi connectivity index (χ4v) is 2.02. The standard InChI is InChI=1S/C16H11Cl2NO3/c1-2-21-16(20)11(9-19)7-12-4-6-15(22-12)10-3-5-13(17)14(18)8-10/h3-8H,2H2,1H3/b11-7-. The highest BCUT2D eigenvalue weighted by Gasteiger charge is 2.12. The predicted octanol–water partition coefficient (Wildman–Crippen LogP) is 4.72. The van der Waals surface area contributed by atoms with E-state index in [0.717, 1.165) is 5.56 Å². The van der Waals surface area contributed by atoms with Crippen molar-refractivity contribution in [3.63, 3.8) is 0 Å². The Morgan fingerprint density at radius 3 is 2.73 bits per heavy atom. The van der Waals surface area contributed by atoms with E-state index in [1.807, 2.05) is 0 Å². The van der Waals surface area contributed by atoms with Gasteiger partial charge in [0.1, 0.15) is 23.2 Å². The SMILES string of the molecule is CCOC(=O)/C(C#N)=C\c1ccc(-c2ccc(Cl)c(Cl)c2)o1. The number of nitriles is 1. The molecule has 0 spiro atoms. The van der Waals surface area contributed by atoms with Crippen LogP contribution >= 0.6 is 23.2 Å². The molecule has 6 heteroatoms. The third kappa shape index (κ3) is 3.70. The van der Waals surface area contributed by atoms with E-state index >= 15 is 0 Å². The second kappa shape index (κ2) is 7.17. The van der Waals surface area contributed by atoms with Gasteiger partial charge in [-0.2, -0.15) is 5.26 Å². The van der Waals surface area contributed by atoms with E-state index in [4.69, 9.17) is 37.6 Å². The summed E-state index contributed by atoms with van der Waals surface area (Å²) in [5.41, 5.74) is 0.612. The number of benzene rings is 1. The van der Waals surface area contributed by atoms with Crippen molar-refractivity contribution in [3.8, 4) is 17.4 Å². The van der Waals surface area contributed by atoms with Gasteiger partial charge >= 0.3 is 5.97 Å². The lowest BCUT2D eigenvalue weighted by molar-refractivity contribution is -0.137. The number of esters is 1. The van der Waals surface area contributed by atoms with Gasteiger partial charge in [0, 0.05) is 11.6 Å². The molecule has 0 bridgehead atoms. The van der Waals surface area contributed by atoms with Gasteiger partial charge in [0.25, 0.3) is 0 Å². The summed E-state index contributed by atoms with van der Waals surface area (Å²) in [4.78, 5) is 11.6. The number of carbonyl (C=O) groups is 1. The number of carbonyl (C=O) groups excluding carboxylic acids is 1. The quantitative estimate of drug-likeness (QED) is 0.460. The van der Waals surface area contributed by atoms with Crippen molar-refractivity contribution in [3.05, 3.63) is 51.7 Å². The van der Waals surface area contributed by atoms with Crippen LogP contribution in [0.5, 0.6) is 0 Å². The fourth-order valence-electron chi connectivity index (χ4n) is 1.72. The molecule has 22 heavy (non-hydrogen) atoms. The Balaban J connectivity index is 2.29. The van der Waals surface area contributed by atoms with Crippen LogP contribution < -0.4 is 0 Å². The van der Waals surface area contributed by atoms with Crippen LogP contribution in [0, 0.1) is 11.3 Å². The maximum atomic E-state index is 11.6. The Kier molecular flexibility index (Phi) is 5.26. The summed E-state index contributed by atoms with van der Waals surface area (Å²) >= 11 is 11.8. The Hall–Kier alpha value is -2.22. The van der Waals surface area contributed by atoms with Crippen LogP contribution in [-0.4, -0.2) is 12.6 Å². The minimum Gasteiger partial charge on any atom is -0.462 e. The van der Waals surface area contributed by atoms with Crippen LogP contribution in [0.15, 0.2) is 40.3 Å². The molecular formula is C16H11Cl2NO3. The lowest BCUT2D eigenvalue weighted by Crippen LogP contribution is -2.05. The van der Waals surface area contributed by atoms with Gasteiger partial charge < -0.3 is 9.15 Å².